The van der Waals surface area contributed by atoms with Crippen LogP contribution in [0, 0.1) is 13.8 Å². The topological polar surface area (TPSA) is 114 Å². The number of allylic oxidation sites excluding steroid dienone is 8. The molecule has 0 radical (unpaired) electrons. The van der Waals surface area contributed by atoms with Crippen LogP contribution in [0.15, 0.2) is 101 Å². The van der Waals surface area contributed by atoms with E-state index in [0.717, 1.165) is 11.1 Å². The van der Waals surface area contributed by atoms with E-state index in [1.165, 1.54) is 37.1 Å². The largest absolute Gasteiger partial charge is 0.744 e. The van der Waals surface area contributed by atoms with Crippen molar-refractivity contribution in [2.75, 3.05) is 0 Å². The zero-order chi connectivity index (χ0) is 24.5. The van der Waals surface area contributed by atoms with E-state index in [4.69, 9.17) is 0 Å². The van der Waals surface area contributed by atoms with E-state index in [1.54, 1.807) is 30.8 Å². The molecule has 2 aliphatic carbocycles. The fraction of sp³-hybridized carbons (Fsp3) is 0.167. The molecule has 0 amide bonds. The maximum atomic E-state index is 10.4. The summed E-state index contributed by atoms with van der Waals surface area (Å²) in [6, 6.07) is 11.6. The first-order valence-electron chi connectivity index (χ1n) is 9.99. The van der Waals surface area contributed by atoms with Gasteiger partial charge in [0.1, 0.15) is 20.2 Å². The molecule has 4 rings (SSSR count). The Labute approximate surface area is 207 Å². The molecule has 6 nitrogen and oxygen atoms in total. The second-order valence-corrected chi connectivity index (χ2v) is 13.8. The van der Waals surface area contributed by atoms with E-state index in [2.05, 4.69) is 36.5 Å². The molecule has 0 bridgehead atoms. The molecule has 0 atom stereocenters. The van der Waals surface area contributed by atoms with E-state index >= 15 is 0 Å². The van der Waals surface area contributed by atoms with Crippen LogP contribution in [0.4, 0.5) is 0 Å². The molecule has 0 saturated carbocycles. The van der Waals surface area contributed by atoms with Crippen LogP contribution in [-0.2, 0) is 43.5 Å². The Morgan fingerprint density at radius 1 is 0.636 bits per heavy atom. The Balaban J connectivity index is 0.000000175. The first kappa shape index (κ1) is 27.3. The number of rotatable bonds is 4. The van der Waals surface area contributed by atoms with Gasteiger partial charge < -0.3 is 9.11 Å². The van der Waals surface area contributed by atoms with Crippen LogP contribution in [0.2, 0.25) is 0 Å². The van der Waals surface area contributed by atoms with Gasteiger partial charge in [0.15, 0.2) is 0 Å². The molecule has 0 N–H and O–H groups in total. The third-order valence-electron chi connectivity index (χ3n) is 4.48. The van der Waals surface area contributed by atoms with Crippen LogP contribution in [0.1, 0.15) is 24.0 Å². The van der Waals surface area contributed by atoms with Gasteiger partial charge in [0.2, 0.25) is 0 Å². The molecule has 2 aliphatic rings. The normalized spacial score (nSPS) is 14.3. The quantitative estimate of drug-likeness (QED) is 0.504. The fourth-order valence-corrected chi connectivity index (χ4v) is 6.61. The summed E-state index contributed by atoms with van der Waals surface area (Å²) in [6.07, 6.45) is 16.0. The number of hydrogen-bond acceptors (Lipinski definition) is 6. The van der Waals surface area contributed by atoms with Crippen molar-refractivity contribution in [2.45, 2.75) is 36.5 Å². The summed E-state index contributed by atoms with van der Waals surface area (Å²) < 4.78 is 65.8. The van der Waals surface area contributed by atoms with Crippen LogP contribution in [0.25, 0.3) is 0 Å². The van der Waals surface area contributed by atoms with E-state index in [0.29, 0.717) is 0 Å². The maximum Gasteiger partial charge on any atom is 0.124 e. The summed E-state index contributed by atoms with van der Waals surface area (Å²) >= 11 is -0.312. The number of aryl methyl sites for hydroxylation is 2. The monoisotopic (exact) mass is 562 g/mol. The van der Waals surface area contributed by atoms with Crippen LogP contribution in [0.3, 0.4) is 0 Å². The van der Waals surface area contributed by atoms with Gasteiger partial charge in [0.25, 0.3) is 0 Å². The minimum Gasteiger partial charge on any atom is -0.744 e. The summed E-state index contributed by atoms with van der Waals surface area (Å²) in [5.41, 5.74) is 1.86. The average molecular weight is 564 g/mol. The van der Waals surface area contributed by atoms with Crippen molar-refractivity contribution in [3.63, 3.8) is 0 Å². The minimum atomic E-state index is -4.27. The van der Waals surface area contributed by atoms with Crippen molar-refractivity contribution in [2.24, 2.45) is 0 Å². The average Bonchev–Trinajstić information content (AvgIpc) is 3.43. The van der Waals surface area contributed by atoms with Crippen LogP contribution in [0.5, 0.6) is 0 Å². The molecule has 0 aromatic heterocycles. The first-order chi connectivity index (χ1) is 15.4. The Bertz CT molecular complexity index is 1170. The third kappa shape index (κ3) is 10.3. The van der Waals surface area contributed by atoms with Crippen molar-refractivity contribution < 1.29 is 49.2 Å². The Morgan fingerprint density at radius 3 is 1.21 bits per heavy atom. The third-order valence-corrected chi connectivity index (χ3v) is 9.58. The van der Waals surface area contributed by atoms with Crippen molar-refractivity contribution in [3.8, 4) is 0 Å². The fourth-order valence-electron chi connectivity index (χ4n) is 2.70. The first-order valence-corrected chi connectivity index (χ1v) is 15.3. The van der Waals surface area contributed by atoms with E-state index in [-0.39, 0.29) is 33.0 Å². The van der Waals surface area contributed by atoms with Crippen molar-refractivity contribution in [1.29, 1.82) is 0 Å². The van der Waals surface area contributed by atoms with E-state index < -0.39 is 20.2 Å². The Morgan fingerprint density at radius 2 is 0.970 bits per heavy atom. The second kappa shape index (κ2) is 12.5. The molecule has 33 heavy (non-hydrogen) atoms. The smallest absolute Gasteiger partial charge is 0.124 e. The van der Waals surface area contributed by atoms with Crippen molar-refractivity contribution in [3.05, 3.63) is 103 Å². The van der Waals surface area contributed by atoms with E-state index in [9.17, 15) is 25.9 Å². The minimum absolute atomic E-state index is 0.178. The van der Waals surface area contributed by atoms with Gasteiger partial charge in [0.05, 0.1) is 9.79 Å². The summed E-state index contributed by atoms with van der Waals surface area (Å²) in [5, 5.41) is 0. The summed E-state index contributed by atoms with van der Waals surface area (Å²) in [5.74, 6) is 0. The van der Waals surface area contributed by atoms with Gasteiger partial charge in [-0.25, -0.2) is 16.8 Å². The second-order valence-electron chi connectivity index (χ2n) is 7.31. The summed E-state index contributed by atoms with van der Waals surface area (Å²) in [7, 11) is -8.54. The summed E-state index contributed by atoms with van der Waals surface area (Å²) in [4.78, 5) is -0.355. The molecule has 2 aromatic rings. The molecule has 0 spiro atoms. The molecule has 0 saturated heterocycles. The van der Waals surface area contributed by atoms with Crippen molar-refractivity contribution in [1.82, 2.24) is 0 Å². The molecular formula is C24H24O6S2Zr. The van der Waals surface area contributed by atoms with Gasteiger partial charge in [-0.15, -0.1) is 0 Å². The maximum absolute atomic E-state index is 10.4. The zero-order valence-electron chi connectivity index (χ0n) is 18.3. The molecule has 9 heteroatoms. The Kier molecular flexibility index (Phi) is 10.4. The predicted molar refractivity (Wildman–Crippen MR) is 122 cm³/mol. The molecule has 2 aromatic carbocycles. The van der Waals surface area contributed by atoms with E-state index in [1.807, 2.05) is 13.8 Å². The van der Waals surface area contributed by atoms with Crippen molar-refractivity contribution >= 4 is 20.2 Å². The van der Waals surface area contributed by atoms with Gasteiger partial charge in [-0.2, -0.15) is 0 Å². The van der Waals surface area contributed by atoms with Gasteiger partial charge in [0, 0.05) is 0 Å². The molecular weight excluding hydrogens is 540 g/mol. The molecule has 0 aliphatic heterocycles. The van der Waals surface area contributed by atoms with Crippen LogP contribution in [-0.4, -0.2) is 25.9 Å². The van der Waals surface area contributed by atoms with Gasteiger partial charge in [-0.3, -0.25) is 0 Å². The van der Waals surface area contributed by atoms with Gasteiger partial charge in [-0.1, -0.05) is 35.4 Å². The predicted octanol–water partition coefficient (Wildman–Crippen LogP) is 4.55. The Hall–Kier alpha value is -1.90. The molecule has 0 fully saturated rings. The van der Waals surface area contributed by atoms with Crippen LogP contribution >= 0.6 is 0 Å². The summed E-state index contributed by atoms with van der Waals surface area (Å²) in [6.45, 7) is 3.64. The zero-order valence-corrected chi connectivity index (χ0v) is 22.4. The van der Waals surface area contributed by atoms with Crippen LogP contribution < -0.4 is 0 Å². The SMILES string of the molecule is C1=CC[C]([Zr+2][C]2=CC=CC2)=C1.Cc1ccc(S(=O)(=O)[O-])cc1.Cc1ccc(S(=O)(=O)[O-])cc1. The molecule has 172 valence electrons. The standard InChI is InChI=1S/2C7H8O3S.2C5H5.Zr/c2*1-6-2-4-7(5-3-6)11(8,9)10;2*1-2-4-5-3-1;/h2*2-5H,1H3,(H,8,9,10);2*1-3H,4H2;/q;;;;+2/p-2. The molecule has 0 heterocycles. The van der Waals surface area contributed by atoms with Gasteiger partial charge >= 0.3 is 79.1 Å². The van der Waals surface area contributed by atoms with Gasteiger partial charge in [-0.05, 0) is 38.1 Å². The number of hydrogen-bond donors (Lipinski definition) is 0. The molecule has 0 unspecified atom stereocenters. The number of benzene rings is 2.